The number of halogens is 2. The molecule has 6 aromatic carbocycles. The van der Waals surface area contributed by atoms with Gasteiger partial charge in [-0.05, 0) is 31.8 Å². The topological polar surface area (TPSA) is 51.2 Å². The summed E-state index contributed by atoms with van der Waals surface area (Å²) in [7, 11) is -9.62. The van der Waals surface area contributed by atoms with Gasteiger partial charge in [0.15, 0.2) is 0 Å². The van der Waals surface area contributed by atoms with Crippen molar-refractivity contribution in [2.24, 2.45) is 0 Å². The van der Waals surface area contributed by atoms with Crippen molar-refractivity contribution in [2.45, 2.75) is 0 Å². The molecule has 254 valence electrons. The summed E-state index contributed by atoms with van der Waals surface area (Å²) in [6.45, 7) is 0. The second-order valence-corrected chi connectivity index (χ2v) is 26.3. The summed E-state index contributed by atoms with van der Waals surface area (Å²) in [5.41, 5.74) is 0. The van der Waals surface area contributed by atoms with E-state index in [1.165, 1.54) is 8.19 Å². The zero-order valence-corrected chi connectivity index (χ0v) is 35.8. The van der Waals surface area contributed by atoms with Crippen LogP contribution in [0.1, 0.15) is 0 Å². The molecule has 0 aliphatic rings. The summed E-state index contributed by atoms with van der Waals surface area (Å²) in [5.74, 6) is 4.48. The van der Waals surface area contributed by atoms with Gasteiger partial charge in [-0.25, -0.2) is 0 Å². The SMILES string of the molecule is O=P(c1ccccc1)(c1ccccc1)[C-](P(=O)(c1ccccc1)c1ccccc1)P(=O)(c1ccccc1)c1ccccc1.[Cl-].[Cl-].[Zr+3][c]1pcc[pH]1. The van der Waals surface area contributed by atoms with Crippen molar-refractivity contribution in [2.75, 3.05) is 0 Å². The van der Waals surface area contributed by atoms with Gasteiger partial charge in [0, 0.05) is 21.4 Å². The molecule has 51 heavy (non-hydrogen) atoms. The summed E-state index contributed by atoms with van der Waals surface area (Å²) in [4.78, 5) is 0. The van der Waals surface area contributed by atoms with Gasteiger partial charge >= 0.3 is 55.4 Å². The van der Waals surface area contributed by atoms with Crippen LogP contribution in [-0.4, -0.2) is 0 Å². The van der Waals surface area contributed by atoms with Crippen LogP contribution < -0.4 is 59.4 Å². The van der Waals surface area contributed by atoms with Gasteiger partial charge in [0.05, 0.1) is 0 Å². The molecule has 11 heteroatoms. The van der Waals surface area contributed by atoms with Gasteiger partial charge in [0.1, 0.15) is 0 Å². The Labute approximate surface area is 331 Å². The van der Waals surface area contributed by atoms with Crippen molar-refractivity contribution >= 4 is 72.4 Å². The molecule has 0 saturated heterocycles. The molecule has 0 aliphatic carbocycles. The van der Waals surface area contributed by atoms with Crippen LogP contribution >= 0.6 is 37.8 Å². The van der Waals surface area contributed by atoms with Crippen LogP contribution in [0.5, 0.6) is 0 Å². The minimum atomic E-state index is -4.05. The first-order chi connectivity index (χ1) is 23.9. The Morgan fingerprint density at radius 3 is 0.765 bits per heavy atom. The molecule has 0 N–H and O–H groups in total. The summed E-state index contributed by atoms with van der Waals surface area (Å²) in [6.07, 6.45) is 0. The third-order valence-electron chi connectivity index (χ3n) is 8.06. The van der Waals surface area contributed by atoms with Crippen molar-refractivity contribution in [3.63, 3.8) is 0 Å². The minimum absolute atomic E-state index is 0. The Hall–Kier alpha value is -2.32. The molecule has 7 rings (SSSR count). The fourth-order valence-corrected chi connectivity index (χ4v) is 23.4. The van der Waals surface area contributed by atoms with E-state index in [0.717, 1.165) is 8.19 Å². The molecule has 0 saturated carbocycles. The molecule has 1 aromatic heterocycles. The first-order valence-electron chi connectivity index (χ1n) is 15.6. The van der Waals surface area contributed by atoms with Crippen LogP contribution in [0.2, 0.25) is 0 Å². The van der Waals surface area contributed by atoms with E-state index in [4.69, 9.17) is 0 Å². The first-order valence-corrected chi connectivity index (χ1v) is 24.0. The molecule has 7 aromatic rings. The van der Waals surface area contributed by atoms with E-state index in [0.29, 0.717) is 31.8 Å². The quantitative estimate of drug-likeness (QED) is 0.166. The molecule has 1 unspecified atom stereocenters. The molecular formula is C40H33Cl2O3P5Zr. The fraction of sp³-hybridized carbons (Fsp3) is 0. The van der Waals surface area contributed by atoms with Gasteiger partial charge < -0.3 is 38.5 Å². The van der Waals surface area contributed by atoms with Crippen molar-refractivity contribution < 1.29 is 63.2 Å². The van der Waals surface area contributed by atoms with Gasteiger partial charge in [0.25, 0.3) is 0 Å². The van der Waals surface area contributed by atoms with E-state index in [9.17, 15) is 0 Å². The van der Waals surface area contributed by atoms with E-state index >= 15 is 13.7 Å². The Bertz CT molecular complexity index is 1850. The van der Waals surface area contributed by atoms with Gasteiger partial charge in [0.2, 0.25) is 0 Å². The fourth-order valence-electron chi connectivity index (χ4n) is 5.83. The maximum atomic E-state index is 16.5. The number of rotatable bonds is 9. The second kappa shape index (κ2) is 19.1. The van der Waals surface area contributed by atoms with Gasteiger partial charge in [-0.1, -0.05) is 187 Å². The summed E-state index contributed by atoms with van der Waals surface area (Å²) < 4.78 is 51.2. The van der Waals surface area contributed by atoms with Gasteiger partial charge in [-0.2, -0.15) is 0 Å². The van der Waals surface area contributed by atoms with E-state index in [2.05, 4.69) is 11.6 Å². The van der Waals surface area contributed by atoms with E-state index in [1.807, 2.05) is 109 Å². The standard InChI is InChI=1S/C37H30O3P3.C3H3P2.2ClH.Zr/c38-41(31-19-7-1-8-20-31,32-21-9-2-10-22-32)37(42(39,33-23-11-3-12-24-33)34-25-13-4-14-26-34)43(40,35-27-15-5-16-28-35)36-29-17-6-18-30-36;1-2-5-3-4-1;;;/h1-30H;1-2,4H;2*1H;/q-1;;;;+3/p-2. The Kier molecular flexibility index (Phi) is 15.6. The Morgan fingerprint density at radius 1 is 0.412 bits per heavy atom. The second-order valence-electron chi connectivity index (χ2n) is 11.1. The average Bonchev–Trinajstić information content (AvgIpc) is 3.67. The van der Waals surface area contributed by atoms with Crippen molar-refractivity contribution in [1.82, 2.24) is 0 Å². The Balaban J connectivity index is 0.000000662. The number of benzene rings is 6. The first kappa shape index (κ1) is 41.4. The monoisotopic (exact) mass is 876 g/mol. The average molecular weight is 879 g/mol. The van der Waals surface area contributed by atoms with E-state index in [1.54, 1.807) is 100 Å². The van der Waals surface area contributed by atoms with Crippen molar-refractivity contribution in [1.29, 1.82) is 0 Å². The number of hydrogen-bond donors (Lipinski definition) is 0. The zero-order chi connectivity index (χ0) is 34.2. The zero-order valence-electron chi connectivity index (χ0n) is 27.2. The molecule has 1 heterocycles. The summed E-state index contributed by atoms with van der Waals surface area (Å²) in [5, 5.41) is 2.96. The molecule has 0 fully saturated rings. The van der Waals surface area contributed by atoms with Crippen LogP contribution in [-0.2, 0) is 38.4 Å². The van der Waals surface area contributed by atoms with Crippen LogP contribution in [0.15, 0.2) is 194 Å². The third-order valence-corrected chi connectivity index (χ3v) is 25.2. The molecule has 3 nitrogen and oxygen atoms in total. The van der Waals surface area contributed by atoms with E-state index in [-0.39, 0.29) is 30.0 Å². The van der Waals surface area contributed by atoms with Gasteiger partial charge in [-0.15, -0.1) is 0 Å². The Morgan fingerprint density at radius 2 is 0.627 bits per heavy atom. The van der Waals surface area contributed by atoms with E-state index < -0.39 is 21.4 Å². The molecule has 1 atom stereocenters. The molecule has 0 amide bonds. The van der Waals surface area contributed by atoms with Gasteiger partial charge in [-0.3, -0.25) is 0 Å². The van der Waals surface area contributed by atoms with Crippen molar-refractivity contribution in [3.8, 4) is 0 Å². The predicted octanol–water partition coefficient (Wildman–Crippen LogP) is 2.95. The normalized spacial score (nSPS) is 11.7. The summed E-state index contributed by atoms with van der Waals surface area (Å²) in [6, 6.07) is 54.7. The maximum absolute atomic E-state index is 16.5. The molecule has 0 bridgehead atoms. The van der Waals surface area contributed by atoms with Crippen LogP contribution in [0.25, 0.3) is 0 Å². The molecular weight excluding hydrogens is 845 g/mol. The summed E-state index contributed by atoms with van der Waals surface area (Å²) >= 11 is 1.62. The molecule has 0 spiro atoms. The molecule has 0 radical (unpaired) electrons. The van der Waals surface area contributed by atoms with Crippen molar-refractivity contribution in [3.05, 3.63) is 199 Å². The van der Waals surface area contributed by atoms with Crippen LogP contribution in [0.4, 0.5) is 0 Å². The van der Waals surface area contributed by atoms with Crippen LogP contribution in [0.3, 0.4) is 0 Å². The number of hydrogen-bond acceptors (Lipinski definition) is 3. The third kappa shape index (κ3) is 8.74. The molecule has 0 aliphatic heterocycles. The predicted molar refractivity (Wildman–Crippen MR) is 211 cm³/mol. The van der Waals surface area contributed by atoms with Crippen LogP contribution in [0, 0.1) is 5.14 Å².